The van der Waals surface area contributed by atoms with Gasteiger partial charge in [-0.1, -0.05) is 17.7 Å². The molecule has 1 spiro atoms. The predicted octanol–water partition coefficient (Wildman–Crippen LogP) is 3.38. The Labute approximate surface area is 150 Å². The number of Topliss-reactive ketones (excluding diaryl/α,β-unsaturated/α-hetero) is 1. The van der Waals surface area contributed by atoms with Crippen LogP contribution in [0.2, 0.25) is 5.02 Å². The molecule has 0 unspecified atom stereocenters. The molecule has 6 heteroatoms. The number of aromatic nitrogens is 1. The number of ether oxygens (including phenoxy) is 1. The summed E-state index contributed by atoms with van der Waals surface area (Å²) in [6, 6.07) is 10.4. The molecule has 0 N–H and O–H groups in total. The zero-order chi connectivity index (χ0) is 17.4. The minimum Gasteiger partial charge on any atom is -0.486 e. The van der Waals surface area contributed by atoms with Gasteiger partial charge in [0.25, 0.3) is 5.91 Å². The Hall–Kier alpha value is -2.40. The fraction of sp³-hybridized carbons (Fsp3) is 0.316. The van der Waals surface area contributed by atoms with Crippen LogP contribution < -0.4 is 4.74 Å². The summed E-state index contributed by atoms with van der Waals surface area (Å²) in [6.07, 6.45) is 3.18. The second kappa shape index (κ2) is 6.15. The van der Waals surface area contributed by atoms with Crippen molar-refractivity contribution in [2.45, 2.75) is 24.9 Å². The molecule has 1 amide bonds. The van der Waals surface area contributed by atoms with E-state index in [0.717, 1.165) is 0 Å². The summed E-state index contributed by atoms with van der Waals surface area (Å²) in [5.41, 5.74) is 0.480. The molecule has 2 aliphatic heterocycles. The molecular weight excluding hydrogens is 340 g/mol. The Morgan fingerprint density at radius 2 is 2.00 bits per heavy atom. The summed E-state index contributed by atoms with van der Waals surface area (Å²) < 4.78 is 6.19. The Morgan fingerprint density at radius 1 is 1.20 bits per heavy atom. The second-order valence-corrected chi connectivity index (χ2v) is 6.97. The Balaban J connectivity index is 1.50. The van der Waals surface area contributed by atoms with Crippen LogP contribution in [0.25, 0.3) is 0 Å². The number of benzene rings is 1. The SMILES string of the molecule is O=C1CC2(CCN(C(=O)c3ccccn3)CC2)Oc2cc(Cl)ccc21. The van der Waals surface area contributed by atoms with Gasteiger partial charge in [-0.3, -0.25) is 14.6 Å². The van der Waals surface area contributed by atoms with Crippen LogP contribution in [0, 0.1) is 0 Å². The Bertz CT molecular complexity index is 830. The van der Waals surface area contributed by atoms with Gasteiger partial charge >= 0.3 is 0 Å². The molecular formula is C19H17ClN2O3. The van der Waals surface area contributed by atoms with E-state index in [0.29, 0.717) is 54.4 Å². The molecule has 0 aliphatic carbocycles. The molecule has 25 heavy (non-hydrogen) atoms. The van der Waals surface area contributed by atoms with Crippen molar-refractivity contribution in [2.24, 2.45) is 0 Å². The number of amides is 1. The van der Waals surface area contributed by atoms with E-state index in [1.807, 2.05) is 0 Å². The van der Waals surface area contributed by atoms with Gasteiger partial charge in [0.15, 0.2) is 5.78 Å². The number of halogens is 1. The van der Waals surface area contributed by atoms with Gasteiger partial charge in [-0.25, -0.2) is 0 Å². The van der Waals surface area contributed by atoms with E-state index < -0.39 is 5.60 Å². The number of likely N-dealkylation sites (tertiary alicyclic amines) is 1. The standard InChI is InChI=1S/C19H17ClN2O3/c20-13-4-5-14-16(23)12-19(25-17(14)11-13)6-9-22(10-7-19)18(24)15-3-1-2-8-21-15/h1-5,8,11H,6-7,9-10,12H2. The lowest BCUT2D eigenvalue weighted by atomic mass is 9.82. The summed E-state index contributed by atoms with van der Waals surface area (Å²) in [4.78, 5) is 30.9. The molecule has 5 nitrogen and oxygen atoms in total. The number of fused-ring (bicyclic) bond motifs is 1. The van der Waals surface area contributed by atoms with Crippen molar-refractivity contribution in [3.8, 4) is 5.75 Å². The second-order valence-electron chi connectivity index (χ2n) is 6.53. The van der Waals surface area contributed by atoms with E-state index in [2.05, 4.69) is 4.98 Å². The molecule has 4 rings (SSSR count). The van der Waals surface area contributed by atoms with Crippen LogP contribution in [0.15, 0.2) is 42.6 Å². The van der Waals surface area contributed by atoms with Crippen molar-refractivity contribution in [3.63, 3.8) is 0 Å². The van der Waals surface area contributed by atoms with Crippen LogP contribution >= 0.6 is 11.6 Å². The first-order valence-corrected chi connectivity index (χ1v) is 8.66. The van der Waals surface area contributed by atoms with E-state index in [1.54, 1.807) is 47.5 Å². The number of piperidine rings is 1. The number of hydrogen-bond donors (Lipinski definition) is 0. The lowest BCUT2D eigenvalue weighted by molar-refractivity contribution is -0.00583. The van der Waals surface area contributed by atoms with Gasteiger partial charge in [-0.2, -0.15) is 0 Å². The topological polar surface area (TPSA) is 59.5 Å². The van der Waals surface area contributed by atoms with Gasteiger partial charge < -0.3 is 9.64 Å². The lowest BCUT2D eigenvalue weighted by Crippen LogP contribution is -2.52. The van der Waals surface area contributed by atoms with Crippen molar-refractivity contribution < 1.29 is 14.3 Å². The number of hydrogen-bond acceptors (Lipinski definition) is 4. The molecule has 2 aromatic rings. The zero-order valence-electron chi connectivity index (χ0n) is 13.6. The number of nitrogens with zero attached hydrogens (tertiary/aromatic N) is 2. The third-order valence-electron chi connectivity index (χ3n) is 4.90. The number of pyridine rings is 1. The number of ketones is 1. The van der Waals surface area contributed by atoms with Gasteiger partial charge in [-0.15, -0.1) is 0 Å². The fourth-order valence-corrected chi connectivity index (χ4v) is 3.68. The van der Waals surface area contributed by atoms with Crippen molar-refractivity contribution in [2.75, 3.05) is 13.1 Å². The normalized spacial score (nSPS) is 18.6. The molecule has 3 heterocycles. The summed E-state index contributed by atoms with van der Waals surface area (Å²) in [6.45, 7) is 1.08. The van der Waals surface area contributed by atoms with Gasteiger partial charge in [-0.05, 0) is 30.3 Å². The largest absolute Gasteiger partial charge is 0.486 e. The van der Waals surface area contributed by atoms with Crippen LogP contribution in [0.1, 0.15) is 40.1 Å². The highest BCUT2D eigenvalue weighted by molar-refractivity contribution is 6.30. The molecule has 1 aromatic carbocycles. The minimum atomic E-state index is -0.546. The zero-order valence-corrected chi connectivity index (χ0v) is 14.3. The highest BCUT2D eigenvalue weighted by Gasteiger charge is 2.43. The molecule has 1 saturated heterocycles. The van der Waals surface area contributed by atoms with Crippen LogP contribution in [-0.4, -0.2) is 40.3 Å². The first kappa shape index (κ1) is 16.1. The van der Waals surface area contributed by atoms with Crippen LogP contribution in [0.3, 0.4) is 0 Å². The van der Waals surface area contributed by atoms with Gasteiger partial charge in [0, 0.05) is 37.2 Å². The van der Waals surface area contributed by atoms with E-state index >= 15 is 0 Å². The smallest absolute Gasteiger partial charge is 0.272 e. The van der Waals surface area contributed by atoms with E-state index in [4.69, 9.17) is 16.3 Å². The first-order chi connectivity index (χ1) is 12.1. The lowest BCUT2D eigenvalue weighted by Gasteiger charge is -2.43. The average Bonchev–Trinajstić information content (AvgIpc) is 2.62. The summed E-state index contributed by atoms with van der Waals surface area (Å²) >= 11 is 6.03. The van der Waals surface area contributed by atoms with E-state index in [1.165, 1.54) is 0 Å². The maximum absolute atomic E-state index is 12.5. The molecule has 0 atom stereocenters. The van der Waals surface area contributed by atoms with Crippen molar-refractivity contribution in [3.05, 3.63) is 58.9 Å². The number of rotatable bonds is 1. The molecule has 1 fully saturated rings. The van der Waals surface area contributed by atoms with Crippen molar-refractivity contribution >= 4 is 23.3 Å². The molecule has 0 saturated carbocycles. The molecule has 1 aromatic heterocycles. The quantitative estimate of drug-likeness (QED) is 0.786. The summed E-state index contributed by atoms with van der Waals surface area (Å²) in [7, 11) is 0. The van der Waals surface area contributed by atoms with Gasteiger partial charge in [0.1, 0.15) is 17.0 Å². The van der Waals surface area contributed by atoms with Gasteiger partial charge in [0.05, 0.1) is 12.0 Å². The number of carbonyl (C=O) groups excluding carboxylic acids is 2. The fourth-order valence-electron chi connectivity index (χ4n) is 3.52. The summed E-state index contributed by atoms with van der Waals surface area (Å²) in [5, 5.41) is 0.548. The average molecular weight is 357 g/mol. The third-order valence-corrected chi connectivity index (χ3v) is 5.13. The monoisotopic (exact) mass is 356 g/mol. The Kier molecular flexibility index (Phi) is 3.96. The first-order valence-electron chi connectivity index (χ1n) is 8.28. The highest BCUT2D eigenvalue weighted by Crippen LogP contribution is 2.40. The number of carbonyl (C=O) groups is 2. The molecule has 128 valence electrons. The minimum absolute atomic E-state index is 0.0717. The van der Waals surface area contributed by atoms with E-state index in [-0.39, 0.29) is 11.7 Å². The van der Waals surface area contributed by atoms with Gasteiger partial charge in [0.2, 0.25) is 0 Å². The predicted molar refractivity (Wildman–Crippen MR) is 93.1 cm³/mol. The Morgan fingerprint density at radius 3 is 2.72 bits per heavy atom. The van der Waals surface area contributed by atoms with Crippen LogP contribution in [-0.2, 0) is 0 Å². The maximum Gasteiger partial charge on any atom is 0.272 e. The third kappa shape index (κ3) is 3.00. The van der Waals surface area contributed by atoms with Crippen LogP contribution in [0.5, 0.6) is 5.75 Å². The highest BCUT2D eigenvalue weighted by atomic mass is 35.5. The van der Waals surface area contributed by atoms with Crippen LogP contribution in [0.4, 0.5) is 0 Å². The molecule has 0 bridgehead atoms. The molecule has 0 radical (unpaired) electrons. The molecule has 2 aliphatic rings. The van der Waals surface area contributed by atoms with Crippen molar-refractivity contribution in [1.82, 2.24) is 9.88 Å². The van der Waals surface area contributed by atoms with Crippen molar-refractivity contribution in [1.29, 1.82) is 0 Å². The summed E-state index contributed by atoms with van der Waals surface area (Å²) in [5.74, 6) is 0.539. The maximum atomic E-state index is 12.5. The van der Waals surface area contributed by atoms with E-state index in [9.17, 15) is 9.59 Å².